The maximum Gasteiger partial charge on any atom is 0.220 e. The molecular weight excluding hydrogens is 779 g/mol. The second-order valence-corrected chi connectivity index (χ2v) is 19.0. The lowest BCUT2D eigenvalue weighted by Crippen LogP contribution is -2.60. The molecule has 368 valence electrons. The second kappa shape index (κ2) is 43.8. The van der Waals surface area contributed by atoms with Gasteiger partial charge in [0.15, 0.2) is 6.29 Å². The first-order valence-electron chi connectivity index (χ1n) is 26.9. The van der Waals surface area contributed by atoms with Gasteiger partial charge in [-0.2, -0.15) is 0 Å². The van der Waals surface area contributed by atoms with E-state index in [2.05, 4.69) is 31.3 Å². The van der Waals surface area contributed by atoms with Crippen molar-refractivity contribution in [2.45, 2.75) is 307 Å². The van der Waals surface area contributed by atoms with E-state index < -0.39 is 49.5 Å². The van der Waals surface area contributed by atoms with E-state index in [1.165, 1.54) is 199 Å². The van der Waals surface area contributed by atoms with Crippen molar-refractivity contribution >= 4 is 5.91 Å². The van der Waals surface area contributed by atoms with Gasteiger partial charge >= 0.3 is 0 Å². The number of unbranched alkanes of at least 4 members (excludes halogenated alkanes) is 34. The monoisotopic (exact) mass is 882 g/mol. The van der Waals surface area contributed by atoms with Gasteiger partial charge in [-0.25, -0.2) is 0 Å². The summed E-state index contributed by atoms with van der Waals surface area (Å²) in [7, 11) is 0. The van der Waals surface area contributed by atoms with E-state index in [0.717, 1.165) is 38.5 Å². The van der Waals surface area contributed by atoms with Gasteiger partial charge in [0.1, 0.15) is 24.4 Å². The van der Waals surface area contributed by atoms with Crippen LogP contribution in [-0.2, 0) is 14.3 Å². The van der Waals surface area contributed by atoms with Crippen LogP contribution in [0.4, 0.5) is 0 Å². The maximum absolute atomic E-state index is 12.9. The van der Waals surface area contributed by atoms with Gasteiger partial charge in [0.2, 0.25) is 5.91 Å². The summed E-state index contributed by atoms with van der Waals surface area (Å²) in [5.41, 5.74) is 0. The van der Waals surface area contributed by atoms with Crippen LogP contribution < -0.4 is 5.32 Å². The molecular formula is C53H103NO8. The molecule has 62 heavy (non-hydrogen) atoms. The molecule has 0 spiro atoms. The molecule has 1 saturated heterocycles. The molecule has 0 bridgehead atoms. The molecule has 0 saturated carbocycles. The normalized spacial score (nSPS) is 20.3. The minimum atomic E-state index is -1.55. The molecule has 7 unspecified atom stereocenters. The van der Waals surface area contributed by atoms with Crippen LogP contribution in [0, 0.1) is 0 Å². The van der Waals surface area contributed by atoms with Gasteiger partial charge in [-0.05, 0) is 38.5 Å². The van der Waals surface area contributed by atoms with Gasteiger partial charge in [0, 0.05) is 6.42 Å². The maximum atomic E-state index is 12.9. The summed E-state index contributed by atoms with van der Waals surface area (Å²) >= 11 is 0. The molecule has 1 amide bonds. The molecule has 9 heteroatoms. The van der Waals surface area contributed by atoms with Gasteiger partial charge in [-0.3, -0.25) is 4.79 Å². The summed E-state index contributed by atoms with van der Waals surface area (Å²) in [6, 6.07) is -0.711. The first kappa shape index (κ1) is 58.9. The Morgan fingerprint density at radius 2 is 0.903 bits per heavy atom. The Morgan fingerprint density at radius 1 is 0.532 bits per heavy atom. The summed E-state index contributed by atoms with van der Waals surface area (Å²) in [6.45, 7) is 3.78. The van der Waals surface area contributed by atoms with Crippen molar-refractivity contribution in [1.82, 2.24) is 5.32 Å². The number of carbonyl (C=O) groups excluding carboxylic acids is 1. The minimum absolute atomic E-state index is 0.135. The van der Waals surface area contributed by atoms with Crippen molar-refractivity contribution in [2.24, 2.45) is 0 Å². The number of ether oxygens (including phenoxy) is 2. The largest absolute Gasteiger partial charge is 0.394 e. The fraction of sp³-hybridized carbons (Fsp3) is 0.943. The highest BCUT2D eigenvalue weighted by molar-refractivity contribution is 5.76. The van der Waals surface area contributed by atoms with E-state index in [1.807, 2.05) is 0 Å². The molecule has 1 fully saturated rings. The quantitative estimate of drug-likeness (QED) is 0.0261. The molecule has 6 N–H and O–H groups in total. The van der Waals surface area contributed by atoms with Crippen molar-refractivity contribution in [2.75, 3.05) is 13.2 Å². The zero-order valence-electron chi connectivity index (χ0n) is 40.6. The van der Waals surface area contributed by atoms with E-state index in [1.54, 1.807) is 0 Å². The van der Waals surface area contributed by atoms with E-state index in [9.17, 15) is 30.3 Å². The van der Waals surface area contributed by atoms with Crippen molar-refractivity contribution < 1.29 is 39.8 Å². The van der Waals surface area contributed by atoms with Crippen LogP contribution >= 0.6 is 0 Å². The zero-order chi connectivity index (χ0) is 45.1. The number of allylic oxidation sites excluding steroid dienone is 2. The molecule has 1 heterocycles. The average molecular weight is 882 g/mol. The Kier molecular flexibility index (Phi) is 41.6. The summed E-state index contributed by atoms with van der Waals surface area (Å²) in [4.78, 5) is 12.9. The predicted octanol–water partition coefficient (Wildman–Crippen LogP) is 12.5. The van der Waals surface area contributed by atoms with Crippen LogP contribution in [0.5, 0.6) is 0 Å². The Labute approximate surface area is 382 Å². The molecule has 7 atom stereocenters. The Hall–Kier alpha value is -1.07. The van der Waals surface area contributed by atoms with Gasteiger partial charge in [-0.15, -0.1) is 0 Å². The molecule has 0 aliphatic carbocycles. The van der Waals surface area contributed by atoms with Crippen LogP contribution in [0.25, 0.3) is 0 Å². The Morgan fingerprint density at radius 3 is 1.31 bits per heavy atom. The van der Waals surface area contributed by atoms with Gasteiger partial charge in [0.05, 0.1) is 25.4 Å². The molecule has 1 aliphatic rings. The Balaban J connectivity index is 1.99. The minimum Gasteiger partial charge on any atom is -0.394 e. The van der Waals surface area contributed by atoms with Crippen molar-refractivity contribution in [3.05, 3.63) is 12.2 Å². The molecule has 0 aromatic carbocycles. The number of hydrogen-bond donors (Lipinski definition) is 6. The number of nitrogens with one attached hydrogen (secondary N) is 1. The average Bonchev–Trinajstić information content (AvgIpc) is 3.27. The number of aliphatic hydroxyl groups is 5. The summed E-state index contributed by atoms with van der Waals surface area (Å²) in [5, 5.41) is 54.1. The highest BCUT2D eigenvalue weighted by Crippen LogP contribution is 2.23. The fourth-order valence-electron chi connectivity index (χ4n) is 8.80. The topological polar surface area (TPSA) is 149 Å². The molecule has 1 aliphatic heterocycles. The number of carbonyl (C=O) groups is 1. The molecule has 0 aromatic rings. The third kappa shape index (κ3) is 33.4. The van der Waals surface area contributed by atoms with E-state index in [-0.39, 0.29) is 12.5 Å². The summed E-state index contributed by atoms with van der Waals surface area (Å²) < 4.78 is 11.2. The highest BCUT2D eigenvalue weighted by atomic mass is 16.7. The molecule has 9 nitrogen and oxygen atoms in total. The molecule has 0 radical (unpaired) electrons. The lowest BCUT2D eigenvalue weighted by molar-refractivity contribution is -0.302. The predicted molar refractivity (Wildman–Crippen MR) is 258 cm³/mol. The fourth-order valence-corrected chi connectivity index (χ4v) is 8.80. The smallest absolute Gasteiger partial charge is 0.220 e. The number of amides is 1. The first-order valence-corrected chi connectivity index (χ1v) is 26.9. The van der Waals surface area contributed by atoms with E-state index >= 15 is 0 Å². The first-order chi connectivity index (χ1) is 30.3. The van der Waals surface area contributed by atoms with Gasteiger partial charge in [-0.1, -0.05) is 231 Å². The molecule has 1 rings (SSSR count). The lowest BCUT2D eigenvalue weighted by Gasteiger charge is -2.40. The van der Waals surface area contributed by atoms with Crippen LogP contribution in [0.3, 0.4) is 0 Å². The number of hydrogen-bond acceptors (Lipinski definition) is 8. The zero-order valence-corrected chi connectivity index (χ0v) is 40.6. The Bertz CT molecular complexity index is 981. The van der Waals surface area contributed by atoms with E-state index in [4.69, 9.17) is 9.47 Å². The second-order valence-electron chi connectivity index (χ2n) is 19.0. The van der Waals surface area contributed by atoms with Gasteiger partial charge in [0.25, 0.3) is 0 Å². The third-order valence-electron chi connectivity index (χ3n) is 13.1. The lowest BCUT2D eigenvalue weighted by atomic mass is 9.99. The third-order valence-corrected chi connectivity index (χ3v) is 13.1. The summed E-state index contributed by atoms with van der Waals surface area (Å²) in [6.07, 6.45) is 45.9. The summed E-state index contributed by atoms with van der Waals surface area (Å²) in [5.74, 6) is -0.145. The van der Waals surface area contributed by atoms with Crippen LogP contribution in [-0.4, -0.2) is 87.5 Å². The van der Waals surface area contributed by atoms with Crippen LogP contribution in [0.15, 0.2) is 12.2 Å². The van der Waals surface area contributed by atoms with Gasteiger partial charge < -0.3 is 40.3 Å². The van der Waals surface area contributed by atoms with Crippen LogP contribution in [0.1, 0.15) is 264 Å². The van der Waals surface area contributed by atoms with Crippen molar-refractivity contribution in [3.8, 4) is 0 Å². The molecule has 0 aromatic heterocycles. The standard InChI is InChI=1S/C53H103NO8/c1-3-5-7-9-11-12-13-14-15-16-17-18-19-20-21-22-23-24-25-26-27-28-29-30-31-32-33-34-35-36-37-39-41-43-49(57)54-46(47(56)42-40-38-10-8-6-4-2)45-61-53-52(60)51(59)50(58)48(44-55)62-53/h16-17,46-48,50-53,55-56,58-60H,3-15,18-45H2,1-2H3,(H,54,57)/b17-16-. The van der Waals surface area contributed by atoms with Crippen molar-refractivity contribution in [1.29, 1.82) is 0 Å². The van der Waals surface area contributed by atoms with Crippen LogP contribution in [0.2, 0.25) is 0 Å². The number of rotatable bonds is 46. The van der Waals surface area contributed by atoms with Crippen molar-refractivity contribution in [3.63, 3.8) is 0 Å². The van der Waals surface area contributed by atoms with E-state index in [0.29, 0.717) is 12.8 Å². The highest BCUT2D eigenvalue weighted by Gasteiger charge is 2.44. The number of aliphatic hydroxyl groups excluding tert-OH is 5. The SMILES string of the molecule is CCCCCCCCCC/C=C\CCCCCCCCCCCCCCCCCCCCCCCC(=O)NC(COC1OC(CO)C(O)C(O)C1O)C(O)CCCCCCCC.